The van der Waals surface area contributed by atoms with E-state index in [-0.39, 0.29) is 30.4 Å². The molecule has 142 valence electrons. The number of hydrogen-bond acceptors (Lipinski definition) is 6. The zero-order valence-electron chi connectivity index (χ0n) is 15.2. The van der Waals surface area contributed by atoms with Crippen molar-refractivity contribution in [3.05, 3.63) is 24.1 Å². The monoisotopic (exact) mass is 370 g/mol. The normalized spacial score (nSPS) is 16.9. The highest BCUT2D eigenvalue weighted by Crippen LogP contribution is 2.35. The Labute approximate surface area is 156 Å². The number of fused-ring (bicyclic) bond motifs is 1. The summed E-state index contributed by atoms with van der Waals surface area (Å²) in [5.74, 6) is 0.481. The molecule has 8 heteroatoms. The van der Waals surface area contributed by atoms with Crippen molar-refractivity contribution in [2.24, 2.45) is 0 Å². The van der Waals surface area contributed by atoms with Crippen LogP contribution < -0.4 is 15.0 Å². The maximum atomic E-state index is 12.3. The van der Waals surface area contributed by atoms with E-state index >= 15 is 0 Å². The van der Waals surface area contributed by atoms with Crippen LogP contribution in [0.15, 0.2) is 22.7 Å². The molecule has 2 aromatic rings. The zero-order valence-corrected chi connectivity index (χ0v) is 15.2. The van der Waals surface area contributed by atoms with Gasteiger partial charge in [-0.25, -0.2) is 0 Å². The molecule has 1 saturated carbocycles. The highest BCUT2D eigenvalue weighted by Gasteiger charge is 2.26. The number of carbonyl (C=O) groups excluding carboxylic acids is 2. The predicted octanol–water partition coefficient (Wildman–Crippen LogP) is 2.54. The van der Waals surface area contributed by atoms with Crippen molar-refractivity contribution in [2.45, 2.75) is 45.1 Å². The number of nitrogens with zero attached hydrogens (tertiary/aromatic N) is 3. The molecule has 2 heterocycles. The van der Waals surface area contributed by atoms with Crippen molar-refractivity contribution >= 4 is 17.5 Å². The number of anilines is 1. The van der Waals surface area contributed by atoms with E-state index in [9.17, 15) is 9.59 Å². The average molecular weight is 370 g/mol. The van der Waals surface area contributed by atoms with Gasteiger partial charge in [-0.2, -0.15) is 4.98 Å². The fourth-order valence-corrected chi connectivity index (χ4v) is 3.56. The van der Waals surface area contributed by atoms with Crippen LogP contribution >= 0.6 is 0 Å². The summed E-state index contributed by atoms with van der Waals surface area (Å²) in [6, 6.07) is 5.57. The highest BCUT2D eigenvalue weighted by atomic mass is 16.5. The standard InChI is InChI=1S/C19H22N4O4/c1-2-9-23-14-8-7-12(10-15(14)26-11-16(23)24)17-21-19(27-22-17)18(25)20-13-5-3-4-6-13/h7-8,10,13H,2-6,9,11H2,1H3,(H,20,25). The number of benzene rings is 1. The van der Waals surface area contributed by atoms with Crippen LogP contribution in [-0.4, -0.2) is 41.1 Å². The first-order valence-corrected chi connectivity index (χ1v) is 9.38. The highest BCUT2D eigenvalue weighted by molar-refractivity contribution is 5.98. The number of hydrogen-bond donors (Lipinski definition) is 1. The Kier molecular flexibility index (Phi) is 4.79. The third-order valence-corrected chi connectivity index (χ3v) is 4.92. The van der Waals surface area contributed by atoms with Crippen LogP contribution in [0.3, 0.4) is 0 Å². The van der Waals surface area contributed by atoms with E-state index in [1.807, 2.05) is 13.0 Å². The van der Waals surface area contributed by atoms with E-state index in [4.69, 9.17) is 9.26 Å². The second kappa shape index (κ2) is 7.38. The van der Waals surface area contributed by atoms with E-state index < -0.39 is 0 Å². The van der Waals surface area contributed by atoms with Crippen LogP contribution in [0, 0.1) is 0 Å². The zero-order chi connectivity index (χ0) is 18.8. The molecule has 1 N–H and O–H groups in total. The van der Waals surface area contributed by atoms with Gasteiger partial charge in [0.05, 0.1) is 5.69 Å². The third kappa shape index (κ3) is 3.51. The Balaban J connectivity index is 1.53. The summed E-state index contributed by atoms with van der Waals surface area (Å²) in [5, 5.41) is 6.85. The molecule has 2 aliphatic rings. The molecule has 1 aromatic heterocycles. The summed E-state index contributed by atoms with van der Waals surface area (Å²) in [4.78, 5) is 30.2. The predicted molar refractivity (Wildman–Crippen MR) is 97.6 cm³/mol. The van der Waals surface area contributed by atoms with Gasteiger partial charge in [0, 0.05) is 18.2 Å². The Hall–Kier alpha value is -2.90. The first-order valence-electron chi connectivity index (χ1n) is 9.38. The van der Waals surface area contributed by atoms with Crippen LogP contribution in [0.25, 0.3) is 11.4 Å². The van der Waals surface area contributed by atoms with Gasteiger partial charge in [-0.05, 0) is 37.5 Å². The minimum atomic E-state index is -0.338. The number of aromatic nitrogens is 2. The van der Waals surface area contributed by atoms with E-state index in [0.29, 0.717) is 23.7 Å². The topological polar surface area (TPSA) is 97.6 Å². The first-order chi connectivity index (χ1) is 13.2. The van der Waals surface area contributed by atoms with E-state index in [0.717, 1.165) is 37.8 Å². The van der Waals surface area contributed by atoms with Gasteiger partial charge in [0.2, 0.25) is 5.82 Å². The van der Waals surface area contributed by atoms with Crippen LogP contribution in [-0.2, 0) is 4.79 Å². The summed E-state index contributed by atoms with van der Waals surface area (Å²) < 4.78 is 10.7. The largest absolute Gasteiger partial charge is 0.482 e. The van der Waals surface area contributed by atoms with Crippen molar-refractivity contribution in [3.63, 3.8) is 0 Å². The molecule has 1 aliphatic carbocycles. The number of ether oxygens (including phenoxy) is 1. The second-order valence-corrected chi connectivity index (χ2v) is 6.89. The molecule has 4 rings (SSSR count). The number of nitrogens with one attached hydrogen (secondary N) is 1. The molecule has 0 bridgehead atoms. The number of rotatable bonds is 5. The van der Waals surface area contributed by atoms with E-state index in [1.54, 1.807) is 17.0 Å². The molecule has 0 spiro atoms. The molecule has 0 saturated heterocycles. The molecule has 2 amide bonds. The Morgan fingerprint density at radius 3 is 2.93 bits per heavy atom. The second-order valence-electron chi connectivity index (χ2n) is 6.89. The van der Waals surface area contributed by atoms with Gasteiger partial charge in [-0.15, -0.1) is 0 Å². The summed E-state index contributed by atoms with van der Waals surface area (Å²) in [6.45, 7) is 2.67. The minimum Gasteiger partial charge on any atom is -0.482 e. The summed E-state index contributed by atoms with van der Waals surface area (Å²) in [5.41, 5.74) is 1.41. The Morgan fingerprint density at radius 2 is 2.15 bits per heavy atom. The quantitative estimate of drug-likeness (QED) is 0.869. The Bertz CT molecular complexity index is 857. The molecule has 8 nitrogen and oxygen atoms in total. The van der Waals surface area contributed by atoms with E-state index in [1.165, 1.54) is 0 Å². The molecule has 0 radical (unpaired) electrons. The van der Waals surface area contributed by atoms with Crippen LogP contribution in [0.1, 0.15) is 49.7 Å². The lowest BCUT2D eigenvalue weighted by molar-refractivity contribution is -0.121. The summed E-state index contributed by atoms with van der Waals surface area (Å²) in [7, 11) is 0. The molecular formula is C19H22N4O4. The molecular weight excluding hydrogens is 348 g/mol. The smallest absolute Gasteiger partial charge is 0.316 e. The average Bonchev–Trinajstić information content (AvgIpc) is 3.35. The molecule has 0 atom stereocenters. The van der Waals surface area contributed by atoms with Crippen molar-refractivity contribution < 1.29 is 18.8 Å². The van der Waals surface area contributed by atoms with Gasteiger partial charge < -0.3 is 19.5 Å². The van der Waals surface area contributed by atoms with Crippen molar-refractivity contribution in [2.75, 3.05) is 18.1 Å². The molecule has 1 aliphatic heterocycles. The van der Waals surface area contributed by atoms with Gasteiger partial charge in [-0.3, -0.25) is 9.59 Å². The fourth-order valence-electron chi connectivity index (χ4n) is 3.56. The number of carbonyl (C=O) groups is 2. The first kappa shape index (κ1) is 17.5. The lowest BCUT2D eigenvalue weighted by atomic mass is 10.1. The van der Waals surface area contributed by atoms with Crippen molar-refractivity contribution in [1.29, 1.82) is 0 Å². The van der Waals surface area contributed by atoms with Gasteiger partial charge in [0.25, 0.3) is 5.91 Å². The maximum absolute atomic E-state index is 12.3. The van der Waals surface area contributed by atoms with Crippen LogP contribution in [0.5, 0.6) is 5.75 Å². The maximum Gasteiger partial charge on any atom is 0.316 e. The fraction of sp³-hybridized carbons (Fsp3) is 0.474. The van der Waals surface area contributed by atoms with Gasteiger partial charge in [0.15, 0.2) is 6.61 Å². The third-order valence-electron chi connectivity index (χ3n) is 4.92. The van der Waals surface area contributed by atoms with Crippen LogP contribution in [0.4, 0.5) is 5.69 Å². The van der Waals surface area contributed by atoms with E-state index in [2.05, 4.69) is 15.5 Å². The molecule has 27 heavy (non-hydrogen) atoms. The van der Waals surface area contributed by atoms with Gasteiger partial charge in [-0.1, -0.05) is 24.9 Å². The van der Waals surface area contributed by atoms with Crippen molar-refractivity contribution in [1.82, 2.24) is 15.5 Å². The van der Waals surface area contributed by atoms with Gasteiger partial charge >= 0.3 is 11.8 Å². The molecule has 1 aromatic carbocycles. The summed E-state index contributed by atoms with van der Waals surface area (Å²) >= 11 is 0. The Morgan fingerprint density at radius 1 is 1.33 bits per heavy atom. The van der Waals surface area contributed by atoms with Crippen LogP contribution in [0.2, 0.25) is 0 Å². The molecule has 0 unspecified atom stereocenters. The lowest BCUT2D eigenvalue weighted by Crippen LogP contribution is -2.39. The molecule has 1 fully saturated rings. The minimum absolute atomic E-state index is 0.0116. The van der Waals surface area contributed by atoms with Crippen molar-refractivity contribution in [3.8, 4) is 17.1 Å². The summed E-state index contributed by atoms with van der Waals surface area (Å²) in [6.07, 6.45) is 5.10. The number of amides is 2. The van der Waals surface area contributed by atoms with Gasteiger partial charge in [0.1, 0.15) is 5.75 Å². The SMILES string of the molecule is CCCN1C(=O)COc2cc(-c3noc(C(=O)NC4CCCC4)n3)ccc21. The lowest BCUT2D eigenvalue weighted by Gasteiger charge is -2.29.